The summed E-state index contributed by atoms with van der Waals surface area (Å²) in [6.45, 7) is 5.68. The maximum absolute atomic E-state index is 12.8. The van der Waals surface area contributed by atoms with Crippen LogP contribution in [0.25, 0.3) is 0 Å². The lowest BCUT2D eigenvalue weighted by Crippen LogP contribution is -2.39. The predicted octanol–water partition coefficient (Wildman–Crippen LogP) is 0.456. The van der Waals surface area contributed by atoms with Gasteiger partial charge in [0.1, 0.15) is 5.82 Å². The van der Waals surface area contributed by atoms with Gasteiger partial charge in [-0.05, 0) is 20.5 Å². The second-order valence-corrected chi connectivity index (χ2v) is 7.02. The standard InChI is InChI=1S/C17H28N4O3/c1-19(2)6-8-24-12-14-9-20-5-4-18-16(20)11-21(10-14)17(22)15-3-7-23-13-15/h4-5,14-15H,3,6-13H2,1-2H3/t14-,15-/m1/s1. The molecule has 7 heteroatoms. The van der Waals surface area contributed by atoms with Crippen molar-refractivity contribution < 1.29 is 14.3 Å². The van der Waals surface area contributed by atoms with Crippen molar-refractivity contribution in [3.63, 3.8) is 0 Å². The zero-order chi connectivity index (χ0) is 16.9. The van der Waals surface area contributed by atoms with Crippen molar-refractivity contribution in [2.24, 2.45) is 11.8 Å². The van der Waals surface area contributed by atoms with Crippen LogP contribution in [0.5, 0.6) is 0 Å². The van der Waals surface area contributed by atoms with Crippen LogP contribution < -0.4 is 0 Å². The number of carbonyl (C=O) groups excluding carboxylic acids is 1. The maximum Gasteiger partial charge on any atom is 0.228 e. The molecule has 0 saturated carbocycles. The Morgan fingerprint density at radius 1 is 1.46 bits per heavy atom. The molecule has 0 unspecified atom stereocenters. The zero-order valence-corrected chi connectivity index (χ0v) is 14.7. The van der Waals surface area contributed by atoms with Gasteiger partial charge in [0.15, 0.2) is 0 Å². The third kappa shape index (κ3) is 4.34. The SMILES string of the molecule is CN(C)CCOC[C@H]1CN(C(=O)[C@@H]2CCOC2)Cc2nccn2C1. The van der Waals surface area contributed by atoms with Gasteiger partial charge in [0.05, 0.1) is 32.3 Å². The predicted molar refractivity (Wildman–Crippen MR) is 89.4 cm³/mol. The third-order valence-electron chi connectivity index (χ3n) is 4.69. The molecule has 0 radical (unpaired) electrons. The number of ether oxygens (including phenoxy) is 2. The van der Waals surface area contributed by atoms with Crippen LogP contribution in [-0.2, 0) is 27.4 Å². The van der Waals surface area contributed by atoms with E-state index in [2.05, 4.69) is 14.5 Å². The number of aromatic nitrogens is 2. The monoisotopic (exact) mass is 336 g/mol. The Hall–Kier alpha value is -1.44. The molecule has 2 aliphatic heterocycles. The van der Waals surface area contributed by atoms with Gasteiger partial charge in [0, 0.05) is 44.6 Å². The van der Waals surface area contributed by atoms with Crippen molar-refractivity contribution in [2.45, 2.75) is 19.5 Å². The van der Waals surface area contributed by atoms with E-state index in [-0.39, 0.29) is 17.7 Å². The Balaban J connectivity index is 1.63. The van der Waals surface area contributed by atoms with Crippen LogP contribution in [-0.4, -0.2) is 78.9 Å². The molecule has 0 aliphatic carbocycles. The minimum atomic E-state index is 0.00169. The normalized spacial score (nSPS) is 24.2. The molecule has 7 nitrogen and oxygen atoms in total. The van der Waals surface area contributed by atoms with Crippen molar-refractivity contribution in [3.05, 3.63) is 18.2 Å². The zero-order valence-electron chi connectivity index (χ0n) is 14.7. The highest BCUT2D eigenvalue weighted by atomic mass is 16.5. The van der Waals surface area contributed by atoms with Crippen LogP contribution in [0.4, 0.5) is 0 Å². The van der Waals surface area contributed by atoms with Gasteiger partial charge in [0.2, 0.25) is 5.91 Å². The number of imidazole rings is 1. The third-order valence-corrected chi connectivity index (χ3v) is 4.69. The maximum atomic E-state index is 12.8. The van der Waals surface area contributed by atoms with Gasteiger partial charge in [-0.1, -0.05) is 0 Å². The van der Waals surface area contributed by atoms with E-state index < -0.39 is 0 Å². The minimum Gasteiger partial charge on any atom is -0.381 e. The van der Waals surface area contributed by atoms with Gasteiger partial charge in [-0.25, -0.2) is 4.98 Å². The van der Waals surface area contributed by atoms with E-state index in [0.29, 0.717) is 33.0 Å². The summed E-state index contributed by atoms with van der Waals surface area (Å²) in [5.74, 6) is 1.44. The van der Waals surface area contributed by atoms with E-state index in [1.54, 1.807) is 0 Å². The highest BCUT2D eigenvalue weighted by Crippen LogP contribution is 2.21. The Kier molecular flexibility index (Phi) is 5.86. The number of amides is 1. The molecule has 2 atom stereocenters. The first-order chi connectivity index (χ1) is 11.6. The van der Waals surface area contributed by atoms with Gasteiger partial charge in [-0.15, -0.1) is 0 Å². The van der Waals surface area contributed by atoms with Gasteiger partial charge >= 0.3 is 0 Å². The lowest BCUT2D eigenvalue weighted by Gasteiger charge is -2.26. The van der Waals surface area contributed by atoms with Crippen LogP contribution in [0.3, 0.4) is 0 Å². The summed E-state index contributed by atoms with van der Waals surface area (Å²) >= 11 is 0. The quantitative estimate of drug-likeness (QED) is 0.706. The molecule has 3 rings (SSSR count). The summed E-state index contributed by atoms with van der Waals surface area (Å²) in [5.41, 5.74) is 0. The van der Waals surface area contributed by atoms with E-state index in [1.165, 1.54) is 0 Å². The molecule has 0 bridgehead atoms. The molecule has 2 aliphatic rings. The summed E-state index contributed by atoms with van der Waals surface area (Å²) < 4.78 is 13.4. The highest BCUT2D eigenvalue weighted by molar-refractivity contribution is 5.79. The molecule has 134 valence electrons. The van der Waals surface area contributed by atoms with Crippen molar-refractivity contribution in [1.29, 1.82) is 0 Å². The molecule has 3 heterocycles. The van der Waals surface area contributed by atoms with Crippen LogP contribution in [0.15, 0.2) is 12.4 Å². The fourth-order valence-corrected chi connectivity index (χ4v) is 3.30. The van der Waals surface area contributed by atoms with Crippen LogP contribution in [0.2, 0.25) is 0 Å². The van der Waals surface area contributed by atoms with E-state index in [0.717, 1.165) is 31.9 Å². The number of fused-ring (bicyclic) bond motifs is 1. The number of nitrogens with zero attached hydrogens (tertiary/aromatic N) is 4. The van der Waals surface area contributed by atoms with Gasteiger partial charge in [0.25, 0.3) is 0 Å². The molecule has 24 heavy (non-hydrogen) atoms. The number of carbonyl (C=O) groups is 1. The molecule has 1 fully saturated rings. The van der Waals surface area contributed by atoms with Crippen molar-refractivity contribution in [2.75, 3.05) is 53.6 Å². The number of likely N-dealkylation sites (N-methyl/N-ethyl adjacent to an activating group) is 1. The van der Waals surface area contributed by atoms with E-state index in [9.17, 15) is 4.79 Å². The number of hydrogen-bond donors (Lipinski definition) is 0. The molecular weight excluding hydrogens is 308 g/mol. The van der Waals surface area contributed by atoms with Gasteiger partial charge in [-0.3, -0.25) is 4.79 Å². The summed E-state index contributed by atoms with van der Waals surface area (Å²) in [6, 6.07) is 0. The summed E-state index contributed by atoms with van der Waals surface area (Å²) in [5, 5.41) is 0. The Morgan fingerprint density at radius 2 is 2.33 bits per heavy atom. The summed E-state index contributed by atoms with van der Waals surface area (Å²) in [4.78, 5) is 21.3. The van der Waals surface area contributed by atoms with Crippen molar-refractivity contribution in [1.82, 2.24) is 19.4 Å². The fraction of sp³-hybridized carbons (Fsp3) is 0.765. The van der Waals surface area contributed by atoms with Crippen LogP contribution in [0.1, 0.15) is 12.2 Å². The molecule has 1 aromatic rings. The molecule has 0 N–H and O–H groups in total. The first-order valence-electron chi connectivity index (χ1n) is 8.72. The topological polar surface area (TPSA) is 59.8 Å². The molecule has 1 amide bonds. The second kappa shape index (κ2) is 8.09. The largest absolute Gasteiger partial charge is 0.381 e. The number of hydrogen-bond acceptors (Lipinski definition) is 5. The van der Waals surface area contributed by atoms with E-state index in [1.807, 2.05) is 31.4 Å². The van der Waals surface area contributed by atoms with E-state index in [4.69, 9.17) is 9.47 Å². The second-order valence-electron chi connectivity index (χ2n) is 7.02. The first-order valence-corrected chi connectivity index (χ1v) is 8.72. The molecule has 0 spiro atoms. The molecule has 0 aromatic carbocycles. The highest BCUT2D eigenvalue weighted by Gasteiger charge is 2.32. The Labute approximate surface area is 143 Å². The average Bonchev–Trinajstić information content (AvgIpc) is 3.19. The Bertz CT molecular complexity index is 540. The van der Waals surface area contributed by atoms with Gasteiger partial charge < -0.3 is 23.8 Å². The number of rotatable bonds is 6. The molecule has 1 saturated heterocycles. The minimum absolute atomic E-state index is 0.00169. The summed E-state index contributed by atoms with van der Waals surface area (Å²) in [7, 11) is 4.08. The lowest BCUT2D eigenvalue weighted by atomic mass is 10.1. The summed E-state index contributed by atoms with van der Waals surface area (Å²) in [6.07, 6.45) is 4.63. The lowest BCUT2D eigenvalue weighted by molar-refractivity contribution is -0.137. The molecular formula is C17H28N4O3. The smallest absolute Gasteiger partial charge is 0.228 e. The van der Waals surface area contributed by atoms with Crippen molar-refractivity contribution in [3.8, 4) is 0 Å². The van der Waals surface area contributed by atoms with E-state index >= 15 is 0 Å². The van der Waals surface area contributed by atoms with Crippen LogP contribution >= 0.6 is 0 Å². The average molecular weight is 336 g/mol. The molecule has 1 aromatic heterocycles. The van der Waals surface area contributed by atoms with Crippen LogP contribution in [0, 0.1) is 11.8 Å². The fourth-order valence-electron chi connectivity index (χ4n) is 3.30. The van der Waals surface area contributed by atoms with Crippen molar-refractivity contribution >= 4 is 5.91 Å². The van der Waals surface area contributed by atoms with Gasteiger partial charge in [-0.2, -0.15) is 0 Å². The first kappa shape index (κ1) is 17.4. The Morgan fingerprint density at radius 3 is 3.08 bits per heavy atom.